The second-order valence-electron chi connectivity index (χ2n) is 6.30. The zero-order chi connectivity index (χ0) is 13.6. The van der Waals surface area contributed by atoms with E-state index in [-0.39, 0.29) is 11.5 Å². The third-order valence-electron chi connectivity index (χ3n) is 3.78. The minimum Gasteiger partial charge on any atom is -0.475 e. The van der Waals surface area contributed by atoms with E-state index in [1.54, 1.807) is 0 Å². The molecule has 0 saturated carbocycles. The van der Waals surface area contributed by atoms with E-state index in [9.17, 15) is 0 Å². The second-order valence-corrected chi connectivity index (χ2v) is 6.30. The van der Waals surface area contributed by atoms with Gasteiger partial charge in [-0.15, -0.1) is 0 Å². The highest BCUT2D eigenvalue weighted by Gasteiger charge is 2.31. The van der Waals surface area contributed by atoms with Crippen molar-refractivity contribution < 1.29 is 4.74 Å². The topological polar surface area (TPSA) is 26.5 Å². The summed E-state index contributed by atoms with van der Waals surface area (Å²) in [6, 6.07) is 8.60. The van der Waals surface area contributed by atoms with Gasteiger partial charge in [0.2, 0.25) is 5.90 Å². The summed E-state index contributed by atoms with van der Waals surface area (Å²) in [7, 11) is 2.06. The van der Waals surface area contributed by atoms with E-state index < -0.39 is 0 Å². The van der Waals surface area contributed by atoms with E-state index in [0.717, 1.165) is 11.5 Å². The molecule has 3 heteroatoms. The molecule has 0 fully saturated rings. The number of fused-ring (bicyclic) bond motifs is 1. The van der Waals surface area contributed by atoms with Gasteiger partial charge in [0.05, 0.1) is 11.6 Å². The van der Waals surface area contributed by atoms with Gasteiger partial charge in [-0.25, -0.2) is 4.99 Å². The van der Waals surface area contributed by atoms with E-state index in [1.807, 2.05) is 0 Å². The van der Waals surface area contributed by atoms with Crippen LogP contribution in [0.1, 0.15) is 26.3 Å². The molecule has 0 radical (unpaired) electrons. The first kappa shape index (κ1) is 12.3. The van der Waals surface area contributed by atoms with Crippen molar-refractivity contribution in [2.45, 2.75) is 26.8 Å². The van der Waals surface area contributed by atoms with Gasteiger partial charge in [0.1, 0.15) is 6.61 Å². The number of benzene rings is 1. The quantitative estimate of drug-likeness (QED) is 0.768. The van der Waals surface area contributed by atoms with Crippen LogP contribution in [0.25, 0.3) is 10.9 Å². The van der Waals surface area contributed by atoms with E-state index in [2.05, 4.69) is 62.8 Å². The highest BCUT2D eigenvalue weighted by Crippen LogP contribution is 2.29. The van der Waals surface area contributed by atoms with Crippen molar-refractivity contribution in [3.63, 3.8) is 0 Å². The maximum absolute atomic E-state index is 5.84. The standard InChI is InChI=1S/C16H20N2O/c1-16(2,3)14-10-19-15(17-14)12-9-18(4)13-8-6-5-7-11(12)13/h5-9,14H,10H2,1-4H3/t14-/m1/s1. The molecule has 1 aromatic carbocycles. The lowest BCUT2D eigenvalue weighted by Crippen LogP contribution is -2.25. The molecular formula is C16H20N2O. The van der Waals surface area contributed by atoms with Gasteiger partial charge in [-0.1, -0.05) is 39.0 Å². The summed E-state index contributed by atoms with van der Waals surface area (Å²) < 4.78 is 7.96. The first-order valence-corrected chi connectivity index (χ1v) is 6.72. The van der Waals surface area contributed by atoms with Gasteiger partial charge in [-0.05, 0) is 11.5 Å². The van der Waals surface area contributed by atoms with Crippen LogP contribution in [-0.2, 0) is 11.8 Å². The van der Waals surface area contributed by atoms with Crippen molar-refractivity contribution in [3.05, 3.63) is 36.0 Å². The summed E-state index contributed by atoms with van der Waals surface area (Å²) >= 11 is 0. The second kappa shape index (κ2) is 4.12. The Hall–Kier alpha value is -1.77. The number of ether oxygens (including phenoxy) is 1. The number of hydrogen-bond acceptors (Lipinski definition) is 2. The Morgan fingerprint density at radius 2 is 2.00 bits per heavy atom. The number of aliphatic imine (C=N–C) groups is 1. The number of nitrogens with zero attached hydrogens (tertiary/aromatic N) is 2. The summed E-state index contributed by atoms with van der Waals surface area (Å²) in [6.45, 7) is 7.30. The fraction of sp³-hybridized carbons (Fsp3) is 0.438. The Bertz CT molecular complexity index is 646. The number of hydrogen-bond donors (Lipinski definition) is 0. The van der Waals surface area contributed by atoms with Gasteiger partial charge in [-0.3, -0.25) is 0 Å². The highest BCUT2D eigenvalue weighted by atomic mass is 16.5. The Kier molecular flexibility index (Phi) is 2.66. The average molecular weight is 256 g/mol. The van der Waals surface area contributed by atoms with Crippen LogP contribution in [0.4, 0.5) is 0 Å². The smallest absolute Gasteiger partial charge is 0.218 e. The molecule has 100 valence electrons. The Labute approximate surface area is 113 Å². The lowest BCUT2D eigenvalue weighted by molar-refractivity contribution is 0.236. The SMILES string of the molecule is Cn1cc(C2=N[C@@H](C(C)(C)C)CO2)c2ccccc21. The summed E-state index contributed by atoms with van der Waals surface area (Å²) in [5, 5.41) is 1.21. The molecule has 0 aliphatic carbocycles. The van der Waals surface area contributed by atoms with E-state index in [0.29, 0.717) is 6.61 Å². The molecule has 0 spiro atoms. The van der Waals surface area contributed by atoms with E-state index in [1.165, 1.54) is 10.9 Å². The molecule has 0 amide bonds. The zero-order valence-electron chi connectivity index (χ0n) is 12.0. The summed E-state index contributed by atoms with van der Waals surface area (Å²) in [5.74, 6) is 0.789. The number of rotatable bonds is 1. The van der Waals surface area contributed by atoms with Crippen LogP contribution < -0.4 is 0 Å². The molecule has 3 nitrogen and oxygen atoms in total. The Balaban J connectivity index is 2.07. The molecule has 19 heavy (non-hydrogen) atoms. The van der Waals surface area contributed by atoms with Crippen LogP contribution >= 0.6 is 0 Å². The Morgan fingerprint density at radius 3 is 2.68 bits per heavy atom. The van der Waals surface area contributed by atoms with Crippen molar-refractivity contribution in [2.75, 3.05) is 6.61 Å². The normalized spacial score (nSPS) is 19.6. The van der Waals surface area contributed by atoms with Gasteiger partial charge < -0.3 is 9.30 Å². The van der Waals surface area contributed by atoms with Crippen LogP contribution in [0.15, 0.2) is 35.5 Å². The summed E-state index contributed by atoms with van der Waals surface area (Å²) in [4.78, 5) is 4.77. The van der Waals surface area contributed by atoms with Crippen LogP contribution in [-0.4, -0.2) is 23.1 Å². The molecule has 2 heterocycles. The third kappa shape index (κ3) is 2.03. The molecule has 0 bridgehead atoms. The van der Waals surface area contributed by atoms with Gasteiger partial charge in [-0.2, -0.15) is 0 Å². The minimum absolute atomic E-state index is 0.145. The predicted octanol–water partition coefficient (Wildman–Crippen LogP) is 3.37. The number of aromatic nitrogens is 1. The average Bonchev–Trinajstić information content (AvgIpc) is 2.94. The van der Waals surface area contributed by atoms with Crippen molar-refractivity contribution in [1.29, 1.82) is 0 Å². The van der Waals surface area contributed by atoms with Crippen LogP contribution in [0.5, 0.6) is 0 Å². The molecular weight excluding hydrogens is 236 g/mol. The third-order valence-corrected chi connectivity index (χ3v) is 3.78. The van der Waals surface area contributed by atoms with Gasteiger partial charge in [0.25, 0.3) is 0 Å². The highest BCUT2D eigenvalue weighted by molar-refractivity contribution is 6.07. The number of aryl methyl sites for hydroxylation is 1. The molecule has 0 N–H and O–H groups in total. The molecule has 1 aromatic heterocycles. The molecule has 0 saturated heterocycles. The van der Waals surface area contributed by atoms with Crippen molar-refractivity contribution in [3.8, 4) is 0 Å². The lowest BCUT2D eigenvalue weighted by atomic mass is 9.88. The first-order chi connectivity index (χ1) is 8.97. The molecule has 3 rings (SSSR count). The van der Waals surface area contributed by atoms with E-state index >= 15 is 0 Å². The van der Waals surface area contributed by atoms with Crippen molar-refractivity contribution >= 4 is 16.8 Å². The van der Waals surface area contributed by atoms with Crippen LogP contribution in [0.3, 0.4) is 0 Å². The summed E-state index contributed by atoms with van der Waals surface area (Å²) in [5.41, 5.74) is 2.46. The fourth-order valence-electron chi connectivity index (χ4n) is 2.48. The van der Waals surface area contributed by atoms with Crippen LogP contribution in [0, 0.1) is 5.41 Å². The molecule has 0 unspecified atom stereocenters. The number of para-hydroxylation sites is 1. The minimum atomic E-state index is 0.145. The Morgan fingerprint density at radius 1 is 1.26 bits per heavy atom. The lowest BCUT2D eigenvalue weighted by Gasteiger charge is -2.21. The zero-order valence-corrected chi connectivity index (χ0v) is 12.0. The predicted molar refractivity (Wildman–Crippen MR) is 78.7 cm³/mol. The molecule has 1 aliphatic rings. The molecule has 2 aromatic rings. The molecule has 1 aliphatic heterocycles. The van der Waals surface area contributed by atoms with E-state index in [4.69, 9.17) is 9.73 Å². The van der Waals surface area contributed by atoms with Crippen molar-refractivity contribution in [1.82, 2.24) is 4.57 Å². The fourth-order valence-corrected chi connectivity index (χ4v) is 2.48. The van der Waals surface area contributed by atoms with Crippen molar-refractivity contribution in [2.24, 2.45) is 17.5 Å². The first-order valence-electron chi connectivity index (χ1n) is 6.72. The maximum Gasteiger partial charge on any atom is 0.218 e. The van der Waals surface area contributed by atoms with Gasteiger partial charge in [0.15, 0.2) is 0 Å². The van der Waals surface area contributed by atoms with Crippen LogP contribution in [0.2, 0.25) is 0 Å². The largest absolute Gasteiger partial charge is 0.475 e. The monoisotopic (exact) mass is 256 g/mol. The van der Waals surface area contributed by atoms with Gasteiger partial charge >= 0.3 is 0 Å². The molecule has 1 atom stereocenters. The maximum atomic E-state index is 5.84. The summed E-state index contributed by atoms with van der Waals surface area (Å²) in [6.07, 6.45) is 2.11. The van der Waals surface area contributed by atoms with Gasteiger partial charge in [0, 0.05) is 24.1 Å².